The highest BCUT2D eigenvalue weighted by Crippen LogP contribution is 2.25. The quantitative estimate of drug-likeness (QED) is 0.793. The van der Waals surface area contributed by atoms with Crippen molar-refractivity contribution in [2.45, 2.75) is 40.2 Å². The molecule has 0 aliphatic heterocycles. The molecule has 0 spiro atoms. The zero-order valence-corrected chi connectivity index (χ0v) is 12.6. The molecular formula is C14H18N6O. The average Bonchev–Trinajstić information content (AvgIpc) is 3.05. The van der Waals surface area contributed by atoms with Gasteiger partial charge >= 0.3 is 0 Å². The van der Waals surface area contributed by atoms with Gasteiger partial charge in [-0.1, -0.05) is 12.1 Å². The van der Waals surface area contributed by atoms with Crippen LogP contribution in [0.2, 0.25) is 0 Å². The molecule has 21 heavy (non-hydrogen) atoms. The normalized spacial score (nSPS) is 12.8. The van der Waals surface area contributed by atoms with E-state index in [1.807, 2.05) is 19.9 Å². The SMILES string of the molecule is CCc1cc(NC(C)c2c(C)noc2C)n2ncnc2n1. The second-order valence-electron chi connectivity index (χ2n) is 5.06. The van der Waals surface area contributed by atoms with E-state index in [-0.39, 0.29) is 6.04 Å². The first-order valence-corrected chi connectivity index (χ1v) is 6.99. The van der Waals surface area contributed by atoms with Crippen LogP contribution in [0.1, 0.15) is 42.6 Å². The van der Waals surface area contributed by atoms with Crippen LogP contribution in [-0.2, 0) is 6.42 Å². The van der Waals surface area contributed by atoms with Crippen molar-refractivity contribution in [1.82, 2.24) is 24.7 Å². The van der Waals surface area contributed by atoms with Crippen LogP contribution in [0, 0.1) is 13.8 Å². The third-order valence-corrected chi connectivity index (χ3v) is 3.55. The fourth-order valence-corrected chi connectivity index (χ4v) is 2.55. The molecule has 0 bridgehead atoms. The number of hydrogen-bond donors (Lipinski definition) is 1. The Balaban J connectivity index is 1.99. The van der Waals surface area contributed by atoms with Crippen molar-refractivity contribution in [3.8, 4) is 0 Å². The summed E-state index contributed by atoms with van der Waals surface area (Å²) in [6, 6.07) is 2.05. The molecule has 3 aromatic heterocycles. The number of aryl methyl sites for hydroxylation is 3. The van der Waals surface area contributed by atoms with Crippen LogP contribution in [0.4, 0.5) is 5.82 Å². The maximum Gasteiger partial charge on any atom is 0.254 e. The van der Waals surface area contributed by atoms with Gasteiger partial charge < -0.3 is 9.84 Å². The van der Waals surface area contributed by atoms with Crippen LogP contribution in [0.15, 0.2) is 16.9 Å². The number of anilines is 1. The summed E-state index contributed by atoms with van der Waals surface area (Å²) in [4.78, 5) is 8.60. The van der Waals surface area contributed by atoms with E-state index in [0.717, 1.165) is 35.0 Å². The van der Waals surface area contributed by atoms with Gasteiger partial charge in [-0.2, -0.15) is 14.6 Å². The Hall–Kier alpha value is -2.44. The van der Waals surface area contributed by atoms with E-state index in [4.69, 9.17) is 4.52 Å². The van der Waals surface area contributed by atoms with Gasteiger partial charge in [-0.3, -0.25) is 0 Å². The number of fused-ring (bicyclic) bond motifs is 1. The third kappa shape index (κ3) is 2.35. The molecule has 0 aromatic carbocycles. The molecule has 1 N–H and O–H groups in total. The number of nitrogens with one attached hydrogen (secondary N) is 1. The molecule has 0 aliphatic rings. The lowest BCUT2D eigenvalue weighted by atomic mass is 10.1. The van der Waals surface area contributed by atoms with Crippen LogP contribution in [0.25, 0.3) is 5.78 Å². The molecule has 3 rings (SSSR count). The second kappa shape index (κ2) is 5.16. The molecule has 0 saturated heterocycles. The van der Waals surface area contributed by atoms with Gasteiger partial charge in [0, 0.05) is 17.3 Å². The Morgan fingerprint density at radius 1 is 1.38 bits per heavy atom. The molecule has 0 saturated carbocycles. The van der Waals surface area contributed by atoms with E-state index in [9.17, 15) is 0 Å². The number of aromatic nitrogens is 5. The summed E-state index contributed by atoms with van der Waals surface area (Å²) in [5.74, 6) is 2.29. The second-order valence-corrected chi connectivity index (χ2v) is 5.06. The summed E-state index contributed by atoms with van der Waals surface area (Å²) < 4.78 is 6.94. The summed E-state index contributed by atoms with van der Waals surface area (Å²) in [6.07, 6.45) is 2.35. The molecule has 3 heterocycles. The molecule has 1 unspecified atom stereocenters. The van der Waals surface area contributed by atoms with Gasteiger partial charge in [0.05, 0.1) is 11.7 Å². The van der Waals surface area contributed by atoms with Gasteiger partial charge in [0.25, 0.3) is 5.78 Å². The highest BCUT2D eigenvalue weighted by atomic mass is 16.5. The molecule has 0 aliphatic carbocycles. The standard InChI is InChI=1S/C14H18N6O/c1-5-11-6-12(20-14(18-11)15-7-16-20)17-8(2)13-9(3)19-21-10(13)4/h6-8,17H,5H2,1-4H3. The molecule has 0 amide bonds. The van der Waals surface area contributed by atoms with Crippen LogP contribution in [0.3, 0.4) is 0 Å². The van der Waals surface area contributed by atoms with Crippen molar-refractivity contribution in [3.05, 3.63) is 35.1 Å². The van der Waals surface area contributed by atoms with Crippen molar-refractivity contribution < 1.29 is 4.52 Å². The third-order valence-electron chi connectivity index (χ3n) is 3.55. The van der Waals surface area contributed by atoms with Gasteiger partial charge in [0.15, 0.2) is 0 Å². The maximum absolute atomic E-state index is 5.23. The fourth-order valence-electron chi connectivity index (χ4n) is 2.55. The highest BCUT2D eigenvalue weighted by Gasteiger charge is 2.18. The largest absolute Gasteiger partial charge is 0.363 e. The first kappa shape index (κ1) is 13.5. The summed E-state index contributed by atoms with van der Waals surface area (Å²) in [5, 5.41) is 11.7. The van der Waals surface area contributed by atoms with Crippen molar-refractivity contribution in [2.24, 2.45) is 0 Å². The van der Waals surface area contributed by atoms with E-state index in [1.54, 1.807) is 4.52 Å². The zero-order valence-electron chi connectivity index (χ0n) is 12.6. The van der Waals surface area contributed by atoms with Gasteiger partial charge in [0.2, 0.25) is 0 Å². The highest BCUT2D eigenvalue weighted by molar-refractivity contribution is 5.47. The van der Waals surface area contributed by atoms with E-state index >= 15 is 0 Å². The predicted molar refractivity (Wildman–Crippen MR) is 78.2 cm³/mol. The zero-order chi connectivity index (χ0) is 15.0. The first-order chi connectivity index (χ1) is 10.1. The Labute approximate surface area is 122 Å². The molecule has 0 radical (unpaired) electrons. The Morgan fingerprint density at radius 2 is 2.19 bits per heavy atom. The lowest BCUT2D eigenvalue weighted by Gasteiger charge is -2.16. The topological polar surface area (TPSA) is 81.1 Å². The molecule has 3 aromatic rings. The van der Waals surface area contributed by atoms with Gasteiger partial charge in [-0.25, -0.2) is 4.98 Å². The summed E-state index contributed by atoms with van der Waals surface area (Å²) in [5.41, 5.74) is 2.94. The first-order valence-electron chi connectivity index (χ1n) is 6.99. The lowest BCUT2D eigenvalue weighted by Crippen LogP contribution is -2.13. The molecule has 110 valence electrons. The van der Waals surface area contributed by atoms with Crippen LogP contribution in [0.5, 0.6) is 0 Å². The van der Waals surface area contributed by atoms with Gasteiger partial charge in [-0.15, -0.1) is 0 Å². The number of nitrogens with zero attached hydrogens (tertiary/aromatic N) is 5. The number of hydrogen-bond acceptors (Lipinski definition) is 6. The average molecular weight is 286 g/mol. The lowest BCUT2D eigenvalue weighted by molar-refractivity contribution is 0.392. The van der Waals surface area contributed by atoms with E-state index in [0.29, 0.717) is 5.78 Å². The van der Waals surface area contributed by atoms with Crippen molar-refractivity contribution in [1.29, 1.82) is 0 Å². The Kier molecular flexibility index (Phi) is 3.32. The van der Waals surface area contributed by atoms with Gasteiger partial charge in [0.1, 0.15) is 17.9 Å². The van der Waals surface area contributed by atoms with Crippen molar-refractivity contribution >= 4 is 11.6 Å². The Morgan fingerprint density at radius 3 is 2.86 bits per heavy atom. The monoisotopic (exact) mass is 286 g/mol. The van der Waals surface area contributed by atoms with Crippen molar-refractivity contribution in [2.75, 3.05) is 5.32 Å². The number of rotatable bonds is 4. The van der Waals surface area contributed by atoms with Crippen LogP contribution in [-0.4, -0.2) is 24.7 Å². The maximum atomic E-state index is 5.23. The minimum atomic E-state index is 0.0516. The molecule has 7 heteroatoms. The minimum absolute atomic E-state index is 0.0516. The molecule has 0 fully saturated rings. The fraction of sp³-hybridized carbons (Fsp3) is 0.429. The van der Waals surface area contributed by atoms with E-state index in [2.05, 4.69) is 39.4 Å². The van der Waals surface area contributed by atoms with E-state index < -0.39 is 0 Å². The van der Waals surface area contributed by atoms with Crippen LogP contribution < -0.4 is 5.32 Å². The van der Waals surface area contributed by atoms with E-state index in [1.165, 1.54) is 6.33 Å². The van der Waals surface area contributed by atoms with Crippen molar-refractivity contribution in [3.63, 3.8) is 0 Å². The summed E-state index contributed by atoms with van der Waals surface area (Å²) >= 11 is 0. The Bertz CT molecular complexity index is 755. The van der Waals surface area contributed by atoms with Crippen LogP contribution >= 0.6 is 0 Å². The molecule has 7 nitrogen and oxygen atoms in total. The van der Waals surface area contributed by atoms with Gasteiger partial charge in [-0.05, 0) is 27.2 Å². The minimum Gasteiger partial charge on any atom is -0.363 e. The smallest absolute Gasteiger partial charge is 0.254 e. The summed E-state index contributed by atoms with van der Waals surface area (Å²) in [6.45, 7) is 8.00. The summed E-state index contributed by atoms with van der Waals surface area (Å²) in [7, 11) is 0. The molecular weight excluding hydrogens is 268 g/mol. The molecule has 1 atom stereocenters. The predicted octanol–water partition coefficient (Wildman–Crippen LogP) is 2.46.